The minimum absolute atomic E-state index is 0.0473. The van der Waals surface area contributed by atoms with Gasteiger partial charge in [-0.2, -0.15) is 4.98 Å². The molecule has 0 amide bonds. The molecule has 120 valence electrons. The lowest BCUT2D eigenvalue weighted by atomic mass is 10.0. The Morgan fingerprint density at radius 2 is 2.26 bits per heavy atom. The van der Waals surface area contributed by atoms with Crippen LogP contribution < -0.4 is 0 Å². The molecule has 1 saturated carbocycles. The predicted octanol–water partition coefficient (Wildman–Crippen LogP) is 3.90. The molecule has 0 spiro atoms. The molecule has 5 nitrogen and oxygen atoms in total. The zero-order chi connectivity index (χ0) is 16.0. The maximum absolute atomic E-state index is 13.3. The molecular formula is C16H16F2N4O. The number of imidazole rings is 1. The molecule has 4 rings (SSSR count). The monoisotopic (exact) mass is 318 g/mol. The second-order valence-corrected chi connectivity index (χ2v) is 6.27. The number of aryl methyl sites for hydroxylation is 1. The molecular weight excluding hydrogens is 302 g/mol. The summed E-state index contributed by atoms with van der Waals surface area (Å²) in [5.74, 6) is -1.74. The van der Waals surface area contributed by atoms with Gasteiger partial charge in [-0.05, 0) is 37.0 Å². The van der Waals surface area contributed by atoms with Gasteiger partial charge < -0.3 is 9.51 Å². The molecule has 1 aliphatic rings. The topological polar surface area (TPSA) is 67.6 Å². The number of nitrogens with zero attached hydrogens (tertiary/aromatic N) is 3. The van der Waals surface area contributed by atoms with Crippen molar-refractivity contribution >= 4 is 11.0 Å². The normalized spacial score (nSPS) is 20.4. The lowest BCUT2D eigenvalue weighted by Crippen LogP contribution is -2.10. The average molecular weight is 318 g/mol. The summed E-state index contributed by atoms with van der Waals surface area (Å²) < 4.78 is 31.8. The Bertz CT molecular complexity index is 855. The summed E-state index contributed by atoms with van der Waals surface area (Å²) >= 11 is 0. The van der Waals surface area contributed by atoms with Gasteiger partial charge in [0.05, 0.1) is 17.4 Å². The van der Waals surface area contributed by atoms with Crippen LogP contribution in [0.15, 0.2) is 23.0 Å². The van der Waals surface area contributed by atoms with Gasteiger partial charge in [-0.1, -0.05) is 5.16 Å². The third-order valence-corrected chi connectivity index (χ3v) is 4.41. The number of H-pyrrole nitrogens is 1. The maximum Gasteiger partial charge on any atom is 0.248 e. The third-order valence-electron chi connectivity index (χ3n) is 4.41. The summed E-state index contributed by atoms with van der Waals surface area (Å²) in [4.78, 5) is 11.7. The van der Waals surface area contributed by atoms with E-state index >= 15 is 0 Å². The third kappa shape index (κ3) is 2.71. The number of nitrogens with one attached hydrogen (secondary N) is 1. The van der Waals surface area contributed by atoms with Crippen molar-refractivity contribution in [2.45, 2.75) is 38.5 Å². The maximum atomic E-state index is 13.3. The van der Waals surface area contributed by atoms with Crippen LogP contribution in [0.25, 0.3) is 22.4 Å². The Balaban J connectivity index is 1.57. The SMILES string of the molecule is Cc1cc(-c2noc(C[C@H]3CCC(F)(F)C3)n2)cc2[nH]cnc12. The van der Waals surface area contributed by atoms with Crippen molar-refractivity contribution in [1.29, 1.82) is 0 Å². The summed E-state index contributed by atoms with van der Waals surface area (Å²) in [6, 6.07) is 3.86. The molecule has 0 radical (unpaired) electrons. The van der Waals surface area contributed by atoms with Gasteiger partial charge in [0.25, 0.3) is 0 Å². The van der Waals surface area contributed by atoms with Crippen LogP contribution in [-0.4, -0.2) is 26.0 Å². The van der Waals surface area contributed by atoms with Crippen LogP contribution in [0.4, 0.5) is 8.78 Å². The van der Waals surface area contributed by atoms with E-state index in [1.54, 1.807) is 6.33 Å². The first-order valence-corrected chi connectivity index (χ1v) is 7.65. The van der Waals surface area contributed by atoms with E-state index in [1.807, 2.05) is 19.1 Å². The van der Waals surface area contributed by atoms with Crippen molar-refractivity contribution in [3.8, 4) is 11.4 Å². The Morgan fingerprint density at radius 1 is 1.39 bits per heavy atom. The molecule has 0 bridgehead atoms. The smallest absolute Gasteiger partial charge is 0.248 e. The molecule has 1 fully saturated rings. The van der Waals surface area contributed by atoms with Crippen molar-refractivity contribution in [2.24, 2.45) is 5.92 Å². The number of fused-ring (bicyclic) bond motifs is 1. The Labute approximate surface area is 131 Å². The molecule has 1 atom stereocenters. The average Bonchev–Trinajstić information content (AvgIpc) is 3.19. The van der Waals surface area contributed by atoms with Crippen LogP contribution in [0.2, 0.25) is 0 Å². The summed E-state index contributed by atoms with van der Waals surface area (Å²) in [6.07, 6.45) is 2.42. The zero-order valence-electron chi connectivity index (χ0n) is 12.6. The van der Waals surface area contributed by atoms with E-state index in [1.165, 1.54) is 0 Å². The Morgan fingerprint density at radius 3 is 3.04 bits per heavy atom. The van der Waals surface area contributed by atoms with E-state index in [4.69, 9.17) is 4.52 Å². The number of hydrogen-bond acceptors (Lipinski definition) is 4. The van der Waals surface area contributed by atoms with Crippen molar-refractivity contribution in [3.63, 3.8) is 0 Å². The molecule has 23 heavy (non-hydrogen) atoms. The highest BCUT2D eigenvalue weighted by atomic mass is 19.3. The Kier molecular flexibility index (Phi) is 3.18. The molecule has 7 heteroatoms. The minimum Gasteiger partial charge on any atom is -0.345 e. The standard InChI is InChI=1S/C16H16F2N4O/c1-9-4-11(6-12-14(9)20-8-19-12)15-21-13(23-22-15)5-10-2-3-16(17,18)7-10/h4,6,8,10H,2-3,5,7H2,1H3,(H,19,20)/t10-/m1/s1. The fourth-order valence-corrected chi connectivity index (χ4v) is 3.27. The van der Waals surface area contributed by atoms with Gasteiger partial charge in [0.15, 0.2) is 0 Å². The number of aromatic nitrogens is 4. The first-order chi connectivity index (χ1) is 11.0. The molecule has 3 aromatic rings. The highest BCUT2D eigenvalue weighted by Crippen LogP contribution is 2.40. The van der Waals surface area contributed by atoms with Gasteiger partial charge in [0.2, 0.25) is 17.6 Å². The molecule has 2 aromatic heterocycles. The van der Waals surface area contributed by atoms with Gasteiger partial charge in [0.1, 0.15) is 0 Å². The van der Waals surface area contributed by atoms with E-state index in [0.29, 0.717) is 24.6 Å². The number of benzene rings is 1. The minimum atomic E-state index is -2.55. The van der Waals surface area contributed by atoms with E-state index in [2.05, 4.69) is 20.1 Å². The number of rotatable bonds is 3. The predicted molar refractivity (Wildman–Crippen MR) is 80.1 cm³/mol. The summed E-state index contributed by atoms with van der Waals surface area (Å²) in [6.45, 7) is 1.97. The van der Waals surface area contributed by atoms with Crippen LogP contribution >= 0.6 is 0 Å². The van der Waals surface area contributed by atoms with Crippen LogP contribution in [0.1, 0.15) is 30.7 Å². The zero-order valence-corrected chi connectivity index (χ0v) is 12.6. The highest BCUT2D eigenvalue weighted by molar-refractivity contribution is 5.83. The molecule has 0 aliphatic heterocycles. The van der Waals surface area contributed by atoms with Crippen molar-refractivity contribution in [2.75, 3.05) is 0 Å². The fourth-order valence-electron chi connectivity index (χ4n) is 3.27. The number of aromatic amines is 1. The molecule has 1 N–H and O–H groups in total. The van der Waals surface area contributed by atoms with Crippen LogP contribution in [0.5, 0.6) is 0 Å². The molecule has 1 aromatic carbocycles. The van der Waals surface area contributed by atoms with Gasteiger partial charge in [-0.25, -0.2) is 13.8 Å². The van der Waals surface area contributed by atoms with Gasteiger partial charge in [0, 0.05) is 24.8 Å². The highest BCUT2D eigenvalue weighted by Gasteiger charge is 2.39. The first kappa shape index (κ1) is 14.3. The molecule has 2 heterocycles. The van der Waals surface area contributed by atoms with E-state index in [-0.39, 0.29) is 18.8 Å². The number of halogens is 2. The first-order valence-electron chi connectivity index (χ1n) is 7.65. The molecule has 1 aliphatic carbocycles. The number of alkyl halides is 2. The largest absolute Gasteiger partial charge is 0.345 e. The summed E-state index contributed by atoms with van der Waals surface area (Å²) in [5, 5.41) is 3.99. The quantitative estimate of drug-likeness (QED) is 0.795. The lowest BCUT2D eigenvalue weighted by molar-refractivity contribution is 0.00483. The number of hydrogen-bond donors (Lipinski definition) is 1. The van der Waals surface area contributed by atoms with E-state index in [0.717, 1.165) is 22.2 Å². The summed E-state index contributed by atoms with van der Waals surface area (Å²) in [7, 11) is 0. The molecule has 0 saturated heterocycles. The summed E-state index contributed by atoms with van der Waals surface area (Å²) in [5.41, 5.74) is 3.65. The second-order valence-electron chi connectivity index (χ2n) is 6.27. The van der Waals surface area contributed by atoms with Crippen LogP contribution in [-0.2, 0) is 6.42 Å². The van der Waals surface area contributed by atoms with Crippen molar-refractivity contribution in [1.82, 2.24) is 20.1 Å². The fraction of sp³-hybridized carbons (Fsp3) is 0.438. The van der Waals surface area contributed by atoms with E-state index < -0.39 is 5.92 Å². The van der Waals surface area contributed by atoms with Crippen molar-refractivity contribution in [3.05, 3.63) is 29.9 Å². The second kappa shape index (κ2) is 5.11. The van der Waals surface area contributed by atoms with Crippen LogP contribution in [0.3, 0.4) is 0 Å². The molecule has 0 unspecified atom stereocenters. The van der Waals surface area contributed by atoms with Gasteiger partial charge in [-0.15, -0.1) is 0 Å². The van der Waals surface area contributed by atoms with E-state index in [9.17, 15) is 8.78 Å². The van der Waals surface area contributed by atoms with Gasteiger partial charge >= 0.3 is 0 Å². The lowest BCUT2D eigenvalue weighted by Gasteiger charge is -2.07. The van der Waals surface area contributed by atoms with Gasteiger partial charge in [-0.3, -0.25) is 0 Å². The Hall–Kier alpha value is -2.31. The van der Waals surface area contributed by atoms with Crippen molar-refractivity contribution < 1.29 is 13.3 Å². The van der Waals surface area contributed by atoms with Crippen LogP contribution in [0, 0.1) is 12.8 Å².